The number of benzene rings is 1. The first kappa shape index (κ1) is 10.3. The Morgan fingerprint density at radius 2 is 1.73 bits per heavy atom. The molecule has 0 aliphatic carbocycles. The van der Waals surface area contributed by atoms with Crippen LogP contribution in [0.3, 0.4) is 0 Å². The molecule has 0 spiro atoms. The standard InChI is InChI=1S/C12H11BrN2/c1-2-9-3-5-10(6-4-9)11-7-8-12(13)15-14-11/h3-8H,2H2,1H3. The van der Waals surface area contributed by atoms with Crippen molar-refractivity contribution in [1.82, 2.24) is 10.2 Å². The van der Waals surface area contributed by atoms with Crippen LogP contribution in [0.15, 0.2) is 41.0 Å². The Morgan fingerprint density at radius 3 is 2.27 bits per heavy atom. The zero-order chi connectivity index (χ0) is 10.7. The summed E-state index contributed by atoms with van der Waals surface area (Å²) >= 11 is 3.27. The lowest BCUT2D eigenvalue weighted by molar-refractivity contribution is 1.01. The molecule has 1 aromatic heterocycles. The van der Waals surface area contributed by atoms with Crippen molar-refractivity contribution < 1.29 is 0 Å². The van der Waals surface area contributed by atoms with Crippen molar-refractivity contribution in [2.24, 2.45) is 0 Å². The van der Waals surface area contributed by atoms with E-state index in [0.717, 1.165) is 22.3 Å². The summed E-state index contributed by atoms with van der Waals surface area (Å²) in [5.41, 5.74) is 3.34. The molecule has 0 amide bonds. The third-order valence-corrected chi connectivity index (χ3v) is 2.71. The molecule has 1 heterocycles. The first-order chi connectivity index (χ1) is 7.29. The third kappa shape index (κ3) is 2.42. The van der Waals surface area contributed by atoms with E-state index in [9.17, 15) is 0 Å². The van der Waals surface area contributed by atoms with Gasteiger partial charge in [-0.15, -0.1) is 10.2 Å². The van der Waals surface area contributed by atoms with Crippen LogP contribution in [0.1, 0.15) is 12.5 Å². The molecule has 0 fully saturated rings. The van der Waals surface area contributed by atoms with Crippen LogP contribution in [0.25, 0.3) is 11.3 Å². The highest BCUT2D eigenvalue weighted by Crippen LogP contribution is 2.18. The molecule has 3 heteroatoms. The predicted molar refractivity (Wildman–Crippen MR) is 64.5 cm³/mol. The average Bonchev–Trinajstić information content (AvgIpc) is 2.30. The van der Waals surface area contributed by atoms with E-state index in [0.29, 0.717) is 0 Å². The first-order valence-electron chi connectivity index (χ1n) is 4.88. The number of rotatable bonds is 2. The smallest absolute Gasteiger partial charge is 0.128 e. The van der Waals surface area contributed by atoms with Gasteiger partial charge in [-0.25, -0.2) is 0 Å². The second-order valence-electron chi connectivity index (χ2n) is 3.29. The van der Waals surface area contributed by atoms with Crippen molar-refractivity contribution in [3.8, 4) is 11.3 Å². The first-order valence-corrected chi connectivity index (χ1v) is 5.67. The molecule has 0 saturated carbocycles. The summed E-state index contributed by atoms with van der Waals surface area (Å²) in [6, 6.07) is 12.3. The molecule has 2 nitrogen and oxygen atoms in total. The number of hydrogen-bond donors (Lipinski definition) is 0. The molecule has 0 radical (unpaired) electrons. The lowest BCUT2D eigenvalue weighted by atomic mass is 10.1. The highest BCUT2D eigenvalue weighted by molar-refractivity contribution is 9.10. The summed E-state index contributed by atoms with van der Waals surface area (Å²) < 4.78 is 0.761. The van der Waals surface area contributed by atoms with Gasteiger partial charge >= 0.3 is 0 Å². The van der Waals surface area contributed by atoms with E-state index >= 15 is 0 Å². The summed E-state index contributed by atoms with van der Waals surface area (Å²) in [6.45, 7) is 2.15. The van der Waals surface area contributed by atoms with E-state index < -0.39 is 0 Å². The molecular formula is C12H11BrN2. The zero-order valence-electron chi connectivity index (χ0n) is 8.44. The van der Waals surface area contributed by atoms with Crippen LogP contribution in [0.4, 0.5) is 0 Å². The molecule has 0 saturated heterocycles. The molecule has 1 aromatic carbocycles. The number of aryl methyl sites for hydroxylation is 1. The fraction of sp³-hybridized carbons (Fsp3) is 0.167. The fourth-order valence-corrected chi connectivity index (χ4v) is 1.59. The molecule has 0 N–H and O–H groups in total. The van der Waals surface area contributed by atoms with Crippen molar-refractivity contribution in [3.63, 3.8) is 0 Å². The Hall–Kier alpha value is -1.22. The van der Waals surface area contributed by atoms with Gasteiger partial charge < -0.3 is 0 Å². The third-order valence-electron chi connectivity index (χ3n) is 2.29. The van der Waals surface area contributed by atoms with E-state index in [1.54, 1.807) is 0 Å². The summed E-state index contributed by atoms with van der Waals surface area (Å²) in [5, 5.41) is 8.07. The van der Waals surface area contributed by atoms with Crippen molar-refractivity contribution in [2.45, 2.75) is 13.3 Å². The molecule has 2 aromatic rings. The minimum Gasteiger partial charge on any atom is -0.149 e. The summed E-state index contributed by atoms with van der Waals surface area (Å²) in [5.74, 6) is 0. The Balaban J connectivity index is 2.33. The number of nitrogens with zero attached hydrogens (tertiary/aromatic N) is 2. The van der Waals surface area contributed by atoms with Gasteiger partial charge in [-0.05, 0) is 40.0 Å². The van der Waals surface area contributed by atoms with Crippen LogP contribution in [0.2, 0.25) is 0 Å². The Kier molecular flexibility index (Phi) is 3.11. The molecule has 0 atom stereocenters. The van der Waals surface area contributed by atoms with Gasteiger partial charge in [-0.3, -0.25) is 0 Å². The number of hydrogen-bond acceptors (Lipinski definition) is 2. The molecule has 0 aliphatic rings. The van der Waals surface area contributed by atoms with Gasteiger partial charge in [0.25, 0.3) is 0 Å². The van der Waals surface area contributed by atoms with Crippen LogP contribution >= 0.6 is 15.9 Å². The van der Waals surface area contributed by atoms with Gasteiger partial charge in [0.2, 0.25) is 0 Å². The van der Waals surface area contributed by atoms with Crippen LogP contribution in [0.5, 0.6) is 0 Å². The Morgan fingerprint density at radius 1 is 1.00 bits per heavy atom. The quantitative estimate of drug-likeness (QED) is 0.829. The second-order valence-corrected chi connectivity index (χ2v) is 4.10. The van der Waals surface area contributed by atoms with E-state index in [2.05, 4.69) is 57.3 Å². The predicted octanol–water partition coefficient (Wildman–Crippen LogP) is 3.47. The fourth-order valence-electron chi connectivity index (χ4n) is 1.38. The molecule has 15 heavy (non-hydrogen) atoms. The highest BCUT2D eigenvalue weighted by atomic mass is 79.9. The maximum Gasteiger partial charge on any atom is 0.128 e. The SMILES string of the molecule is CCc1ccc(-c2ccc(Br)nn2)cc1. The Labute approximate surface area is 97.5 Å². The van der Waals surface area contributed by atoms with Gasteiger partial charge in [0, 0.05) is 5.56 Å². The maximum absolute atomic E-state index is 4.11. The molecule has 2 rings (SSSR count). The number of halogens is 1. The van der Waals surface area contributed by atoms with Crippen LogP contribution in [0, 0.1) is 0 Å². The molecule has 76 valence electrons. The maximum atomic E-state index is 4.11. The lowest BCUT2D eigenvalue weighted by Gasteiger charge is -2.01. The normalized spacial score (nSPS) is 10.3. The van der Waals surface area contributed by atoms with Crippen molar-refractivity contribution in [3.05, 3.63) is 46.6 Å². The topological polar surface area (TPSA) is 25.8 Å². The van der Waals surface area contributed by atoms with Crippen LogP contribution in [-0.2, 0) is 6.42 Å². The molecule has 0 unspecified atom stereocenters. The monoisotopic (exact) mass is 262 g/mol. The minimum atomic E-state index is 0.761. The van der Waals surface area contributed by atoms with Gasteiger partial charge in [-0.1, -0.05) is 31.2 Å². The van der Waals surface area contributed by atoms with Crippen molar-refractivity contribution in [1.29, 1.82) is 0 Å². The second kappa shape index (κ2) is 4.53. The summed E-state index contributed by atoms with van der Waals surface area (Å²) in [7, 11) is 0. The molecule has 0 bridgehead atoms. The summed E-state index contributed by atoms with van der Waals surface area (Å²) in [6.07, 6.45) is 1.06. The van der Waals surface area contributed by atoms with Crippen molar-refractivity contribution in [2.75, 3.05) is 0 Å². The lowest BCUT2D eigenvalue weighted by Crippen LogP contribution is -1.88. The van der Waals surface area contributed by atoms with Crippen LogP contribution in [-0.4, -0.2) is 10.2 Å². The highest BCUT2D eigenvalue weighted by Gasteiger charge is 1.99. The van der Waals surface area contributed by atoms with Crippen LogP contribution < -0.4 is 0 Å². The van der Waals surface area contributed by atoms with Gasteiger partial charge in [0.05, 0.1) is 5.69 Å². The molecular weight excluding hydrogens is 252 g/mol. The Bertz CT molecular complexity index is 434. The van der Waals surface area contributed by atoms with Gasteiger partial charge in [0.15, 0.2) is 0 Å². The van der Waals surface area contributed by atoms with E-state index in [1.165, 1.54) is 5.56 Å². The summed E-state index contributed by atoms with van der Waals surface area (Å²) in [4.78, 5) is 0. The molecule has 0 aliphatic heterocycles. The van der Waals surface area contributed by atoms with E-state index in [-0.39, 0.29) is 0 Å². The largest absolute Gasteiger partial charge is 0.149 e. The number of aromatic nitrogens is 2. The zero-order valence-corrected chi connectivity index (χ0v) is 10.0. The average molecular weight is 263 g/mol. The van der Waals surface area contributed by atoms with Gasteiger partial charge in [-0.2, -0.15) is 0 Å². The minimum absolute atomic E-state index is 0.761. The van der Waals surface area contributed by atoms with E-state index in [4.69, 9.17) is 0 Å². The van der Waals surface area contributed by atoms with Gasteiger partial charge in [0.1, 0.15) is 4.60 Å². The van der Waals surface area contributed by atoms with E-state index in [1.807, 2.05) is 12.1 Å². The van der Waals surface area contributed by atoms with Crippen molar-refractivity contribution >= 4 is 15.9 Å².